The van der Waals surface area contributed by atoms with Crippen LogP contribution in [0.4, 0.5) is 0 Å². The van der Waals surface area contributed by atoms with Gasteiger partial charge in [-0.3, -0.25) is 4.79 Å². The molecule has 3 aromatic rings. The van der Waals surface area contributed by atoms with Crippen molar-refractivity contribution in [2.24, 2.45) is 0 Å². The lowest BCUT2D eigenvalue weighted by atomic mass is 10.1. The molecule has 0 atom stereocenters. The predicted molar refractivity (Wildman–Crippen MR) is 133 cm³/mol. The van der Waals surface area contributed by atoms with E-state index in [1.54, 1.807) is 36.5 Å². The van der Waals surface area contributed by atoms with E-state index in [4.69, 9.17) is 27.6 Å². The minimum absolute atomic E-state index is 0.0933. The van der Waals surface area contributed by atoms with Crippen LogP contribution in [-0.4, -0.2) is 29.4 Å². The molecule has 168 valence electrons. The predicted octanol–water partition coefficient (Wildman–Crippen LogP) is 6.29. The van der Waals surface area contributed by atoms with Crippen molar-refractivity contribution >= 4 is 54.4 Å². The van der Waals surface area contributed by atoms with Crippen molar-refractivity contribution in [1.82, 2.24) is 20.5 Å². The number of halogens is 2. The average Bonchev–Trinajstić information content (AvgIpc) is 2.70. The van der Waals surface area contributed by atoms with Gasteiger partial charge in [0.05, 0.1) is 11.9 Å². The van der Waals surface area contributed by atoms with Gasteiger partial charge >= 0.3 is 0 Å². The summed E-state index contributed by atoms with van der Waals surface area (Å²) in [6.45, 7) is 14.6. The van der Waals surface area contributed by atoms with E-state index in [2.05, 4.69) is 60.9 Å². The highest BCUT2D eigenvalue weighted by Crippen LogP contribution is 2.40. The number of pyridine rings is 1. The van der Waals surface area contributed by atoms with Gasteiger partial charge in [-0.1, -0.05) is 50.6 Å². The molecule has 0 radical (unpaired) electrons. The summed E-state index contributed by atoms with van der Waals surface area (Å²) in [7, 11) is -2.32. The van der Waals surface area contributed by atoms with Crippen LogP contribution < -0.4 is 9.74 Å². The number of hydrogen-bond acceptors (Lipinski definition) is 5. The summed E-state index contributed by atoms with van der Waals surface area (Å²) in [6, 6.07) is 6.92. The Hall–Kier alpha value is -2.48. The molecule has 0 unspecified atom stereocenters. The van der Waals surface area contributed by atoms with E-state index >= 15 is 0 Å². The minimum atomic E-state index is -2.32. The lowest BCUT2D eigenvalue weighted by Gasteiger charge is -2.36. The van der Waals surface area contributed by atoms with Gasteiger partial charge in [0, 0.05) is 22.0 Å². The van der Waals surface area contributed by atoms with Crippen LogP contribution in [0.15, 0.2) is 37.0 Å². The van der Waals surface area contributed by atoms with Gasteiger partial charge in [-0.05, 0) is 54.0 Å². The number of amides is 1. The summed E-state index contributed by atoms with van der Waals surface area (Å²) < 4.78 is 6.56. The van der Waals surface area contributed by atoms with E-state index < -0.39 is 14.2 Å². The van der Waals surface area contributed by atoms with Crippen molar-refractivity contribution in [1.29, 1.82) is 0 Å². The molecule has 1 amide bonds. The summed E-state index contributed by atoms with van der Waals surface area (Å²) >= 11 is 12.2. The first-order valence-corrected chi connectivity index (χ1v) is 13.8. The second-order valence-corrected chi connectivity index (χ2v) is 14.6. The van der Waals surface area contributed by atoms with E-state index in [1.165, 1.54) is 0 Å². The van der Waals surface area contributed by atoms with Gasteiger partial charge in [0.15, 0.2) is 11.4 Å². The molecule has 0 aliphatic carbocycles. The number of aromatic nitrogens is 3. The topological polar surface area (TPSA) is 77.0 Å². The highest BCUT2D eigenvalue weighted by molar-refractivity contribution is 6.74. The number of nitrogens with one attached hydrogen (secondary N) is 1. The Labute approximate surface area is 199 Å². The Morgan fingerprint density at radius 3 is 2.47 bits per heavy atom. The van der Waals surface area contributed by atoms with E-state index in [1.807, 2.05) is 0 Å². The molecule has 0 spiro atoms. The molecular formula is C23H26Cl2N4O2Si. The third kappa shape index (κ3) is 5.11. The van der Waals surface area contributed by atoms with Crippen LogP contribution in [0.3, 0.4) is 0 Å². The quantitative estimate of drug-likeness (QED) is 0.412. The van der Waals surface area contributed by atoms with Crippen LogP contribution in [-0.2, 0) is 6.54 Å². The molecule has 0 fully saturated rings. The maximum atomic E-state index is 13.3. The van der Waals surface area contributed by atoms with Crippen molar-refractivity contribution in [2.45, 2.75) is 45.4 Å². The van der Waals surface area contributed by atoms with E-state index in [0.717, 1.165) is 10.9 Å². The molecule has 6 nitrogen and oxygen atoms in total. The fraction of sp³-hybridized carbons (Fsp3) is 0.304. The normalized spacial score (nSPS) is 12.0. The van der Waals surface area contributed by atoms with Crippen molar-refractivity contribution in [3.63, 3.8) is 0 Å². The van der Waals surface area contributed by atoms with E-state index in [9.17, 15) is 4.79 Å². The summed E-state index contributed by atoms with van der Waals surface area (Å²) in [5.41, 5.74) is 1.93. The maximum Gasteiger partial charge on any atom is 0.274 e. The summed E-state index contributed by atoms with van der Waals surface area (Å²) in [5, 5.41) is 12.8. The number of carbonyl (C=O) groups excluding carboxylic acids is 1. The average molecular weight is 489 g/mol. The van der Waals surface area contributed by atoms with E-state index in [-0.39, 0.29) is 17.3 Å². The Morgan fingerprint density at radius 1 is 1.22 bits per heavy atom. The molecule has 1 aromatic carbocycles. The fourth-order valence-electron chi connectivity index (χ4n) is 2.84. The largest absolute Gasteiger partial charge is 0.540 e. The second-order valence-electron chi connectivity index (χ2n) is 9.00. The van der Waals surface area contributed by atoms with Gasteiger partial charge in [0.25, 0.3) is 14.2 Å². The number of carbonyl (C=O) groups is 1. The van der Waals surface area contributed by atoms with Crippen molar-refractivity contribution < 1.29 is 9.22 Å². The van der Waals surface area contributed by atoms with Crippen LogP contribution in [0.1, 0.15) is 42.5 Å². The zero-order chi connectivity index (χ0) is 23.7. The smallest absolute Gasteiger partial charge is 0.274 e. The molecular weight excluding hydrogens is 463 g/mol. The standard InChI is InChI=1S/C23H26Cl2N4O2Si/c1-7-18-17-8-9-27-29-19(17)21(31-32(5,6)23(2,3)4)20(28-18)22(30)26-13-14-10-15(24)12-16(25)11-14/h7-12H,1,13H2,2-6H3,(H,26,30). The van der Waals surface area contributed by atoms with Gasteiger partial charge in [0.1, 0.15) is 5.52 Å². The van der Waals surface area contributed by atoms with Crippen LogP contribution in [0.5, 0.6) is 5.75 Å². The number of benzene rings is 1. The molecule has 0 bridgehead atoms. The number of fused-ring (bicyclic) bond motifs is 1. The van der Waals surface area contributed by atoms with Crippen LogP contribution in [0, 0.1) is 0 Å². The molecule has 0 aliphatic rings. The highest BCUT2D eigenvalue weighted by Gasteiger charge is 2.40. The molecule has 32 heavy (non-hydrogen) atoms. The van der Waals surface area contributed by atoms with Gasteiger partial charge in [-0.15, -0.1) is 5.10 Å². The maximum absolute atomic E-state index is 13.3. The summed E-state index contributed by atoms with van der Waals surface area (Å²) in [4.78, 5) is 17.8. The molecule has 3 rings (SSSR count). The zero-order valence-electron chi connectivity index (χ0n) is 18.8. The van der Waals surface area contributed by atoms with Crippen molar-refractivity contribution in [3.8, 4) is 5.75 Å². The summed E-state index contributed by atoms with van der Waals surface area (Å²) in [6.07, 6.45) is 3.17. The van der Waals surface area contributed by atoms with Crippen LogP contribution >= 0.6 is 23.2 Å². The first kappa shape index (κ1) is 24.2. The first-order valence-electron chi connectivity index (χ1n) is 10.1. The number of rotatable bonds is 6. The molecule has 2 heterocycles. The molecule has 0 saturated heterocycles. The van der Waals surface area contributed by atoms with Gasteiger partial charge in [0.2, 0.25) is 0 Å². The SMILES string of the molecule is C=Cc1nc(C(=O)NCc2cc(Cl)cc(Cl)c2)c(O[Si](C)(C)C(C)(C)C)c2nnccc12. The Balaban J connectivity index is 2.07. The Kier molecular flexibility index (Phi) is 6.93. The molecule has 0 aliphatic heterocycles. The Morgan fingerprint density at radius 2 is 1.88 bits per heavy atom. The zero-order valence-corrected chi connectivity index (χ0v) is 21.3. The second kappa shape index (κ2) is 9.17. The first-order chi connectivity index (χ1) is 14.9. The minimum Gasteiger partial charge on any atom is -0.540 e. The van der Waals surface area contributed by atoms with Crippen LogP contribution in [0.2, 0.25) is 28.2 Å². The molecule has 9 heteroatoms. The lowest BCUT2D eigenvalue weighted by molar-refractivity contribution is 0.0944. The van der Waals surface area contributed by atoms with Gasteiger partial charge < -0.3 is 9.74 Å². The van der Waals surface area contributed by atoms with Crippen LogP contribution in [0.25, 0.3) is 17.0 Å². The molecule has 2 aromatic heterocycles. The van der Waals surface area contributed by atoms with Crippen molar-refractivity contribution in [3.05, 3.63) is 64.0 Å². The summed E-state index contributed by atoms with van der Waals surface area (Å²) in [5.74, 6) is -0.0580. The highest BCUT2D eigenvalue weighted by atomic mass is 35.5. The number of nitrogens with zero attached hydrogens (tertiary/aromatic N) is 3. The third-order valence-corrected chi connectivity index (χ3v) is 10.4. The number of hydrogen-bond donors (Lipinski definition) is 1. The van der Waals surface area contributed by atoms with E-state index in [0.29, 0.717) is 27.0 Å². The monoisotopic (exact) mass is 488 g/mol. The lowest BCUT2D eigenvalue weighted by Crippen LogP contribution is -2.44. The van der Waals surface area contributed by atoms with Crippen molar-refractivity contribution in [2.75, 3.05) is 0 Å². The third-order valence-electron chi connectivity index (χ3n) is 5.61. The van der Waals surface area contributed by atoms with Gasteiger partial charge in [-0.2, -0.15) is 5.10 Å². The Bertz CT molecular complexity index is 1170. The molecule has 0 saturated carbocycles. The fourth-order valence-corrected chi connectivity index (χ4v) is 4.42. The molecule has 1 N–H and O–H groups in total. The van der Waals surface area contributed by atoms with Gasteiger partial charge in [-0.25, -0.2) is 4.98 Å².